The van der Waals surface area contributed by atoms with E-state index in [-0.39, 0.29) is 12.5 Å². The first-order valence-corrected chi connectivity index (χ1v) is 8.22. The molecule has 7 heteroatoms. The van der Waals surface area contributed by atoms with Gasteiger partial charge in [0.1, 0.15) is 5.54 Å². The molecule has 0 bridgehead atoms. The quantitative estimate of drug-likeness (QED) is 0.849. The lowest BCUT2D eigenvalue weighted by molar-refractivity contribution is -0.130. The molecule has 2 N–H and O–H groups in total. The fraction of sp³-hybridized carbons (Fsp3) is 0.389. The summed E-state index contributed by atoms with van der Waals surface area (Å²) in [6.07, 6.45) is 6.62. The van der Waals surface area contributed by atoms with E-state index in [1.165, 1.54) is 7.11 Å². The molecule has 2 amide bonds. The van der Waals surface area contributed by atoms with Gasteiger partial charge in [0.25, 0.3) is 5.91 Å². The molecular formula is C18H22N4O3. The molecule has 0 saturated carbocycles. The van der Waals surface area contributed by atoms with Crippen LogP contribution in [0.2, 0.25) is 0 Å². The lowest BCUT2D eigenvalue weighted by Gasteiger charge is -2.35. The number of rotatable bonds is 6. The Morgan fingerprint density at radius 3 is 2.68 bits per heavy atom. The maximum absolute atomic E-state index is 12.9. The Kier molecular flexibility index (Phi) is 4.85. The molecule has 3 rings (SSSR count). The predicted molar refractivity (Wildman–Crippen MR) is 91.8 cm³/mol. The Labute approximate surface area is 146 Å². The summed E-state index contributed by atoms with van der Waals surface area (Å²) in [6, 6.07) is 7.38. The van der Waals surface area contributed by atoms with Crippen LogP contribution in [-0.2, 0) is 16.1 Å². The Balaban J connectivity index is 1.79. The Morgan fingerprint density at radius 2 is 2.08 bits per heavy atom. The van der Waals surface area contributed by atoms with Gasteiger partial charge in [-0.3, -0.25) is 9.59 Å². The Morgan fingerprint density at radius 1 is 1.32 bits per heavy atom. The first-order chi connectivity index (χ1) is 12.1. The highest BCUT2D eigenvalue weighted by atomic mass is 16.5. The molecule has 25 heavy (non-hydrogen) atoms. The van der Waals surface area contributed by atoms with Gasteiger partial charge in [-0.2, -0.15) is 0 Å². The summed E-state index contributed by atoms with van der Waals surface area (Å²) >= 11 is 0. The van der Waals surface area contributed by atoms with E-state index >= 15 is 0 Å². The topological polar surface area (TPSA) is 90.5 Å². The summed E-state index contributed by atoms with van der Waals surface area (Å²) in [5, 5.41) is 0. The zero-order chi connectivity index (χ0) is 17.9. The van der Waals surface area contributed by atoms with E-state index < -0.39 is 11.4 Å². The number of imidazole rings is 1. The third-order valence-corrected chi connectivity index (χ3v) is 4.70. The minimum atomic E-state index is -1.05. The SMILES string of the molecule is COCC1(C(N)=O)CCCN1C(=O)c1ccc(Cn2ccnc2)cc1. The maximum Gasteiger partial charge on any atom is 0.254 e. The van der Waals surface area contributed by atoms with Gasteiger partial charge in [0, 0.05) is 38.2 Å². The van der Waals surface area contributed by atoms with Crippen molar-refractivity contribution in [3.8, 4) is 0 Å². The second-order valence-electron chi connectivity index (χ2n) is 6.32. The summed E-state index contributed by atoms with van der Waals surface area (Å²) in [5.41, 5.74) is 6.15. The van der Waals surface area contributed by atoms with Crippen molar-refractivity contribution in [1.29, 1.82) is 0 Å². The van der Waals surface area contributed by atoms with Crippen molar-refractivity contribution in [2.24, 2.45) is 5.73 Å². The molecule has 2 heterocycles. The molecule has 132 valence electrons. The molecular weight excluding hydrogens is 320 g/mol. The zero-order valence-corrected chi connectivity index (χ0v) is 14.2. The summed E-state index contributed by atoms with van der Waals surface area (Å²) < 4.78 is 7.13. The number of hydrogen-bond acceptors (Lipinski definition) is 4. The second-order valence-corrected chi connectivity index (χ2v) is 6.32. The molecule has 1 unspecified atom stereocenters. The number of nitrogens with two attached hydrogens (primary N) is 1. The van der Waals surface area contributed by atoms with Gasteiger partial charge < -0.3 is 19.9 Å². The van der Waals surface area contributed by atoms with Crippen LogP contribution in [0.1, 0.15) is 28.8 Å². The van der Waals surface area contributed by atoms with Crippen molar-refractivity contribution in [1.82, 2.24) is 14.5 Å². The van der Waals surface area contributed by atoms with Crippen molar-refractivity contribution >= 4 is 11.8 Å². The van der Waals surface area contributed by atoms with E-state index in [9.17, 15) is 9.59 Å². The highest BCUT2D eigenvalue weighted by Gasteiger charge is 2.48. The fourth-order valence-electron chi connectivity index (χ4n) is 3.39. The minimum Gasteiger partial charge on any atom is -0.382 e. The van der Waals surface area contributed by atoms with Crippen LogP contribution in [0.3, 0.4) is 0 Å². The van der Waals surface area contributed by atoms with Gasteiger partial charge >= 0.3 is 0 Å². The van der Waals surface area contributed by atoms with Crippen LogP contribution in [0.5, 0.6) is 0 Å². The number of amides is 2. The number of methoxy groups -OCH3 is 1. The molecule has 2 aromatic rings. The van der Waals surface area contributed by atoms with Crippen LogP contribution in [0, 0.1) is 0 Å². The number of benzene rings is 1. The molecule has 0 aliphatic carbocycles. The van der Waals surface area contributed by atoms with E-state index in [1.807, 2.05) is 22.9 Å². The fourth-order valence-corrected chi connectivity index (χ4v) is 3.39. The minimum absolute atomic E-state index is 0.118. The first-order valence-electron chi connectivity index (χ1n) is 8.22. The second kappa shape index (κ2) is 7.06. The highest BCUT2D eigenvalue weighted by molar-refractivity contribution is 5.99. The van der Waals surface area contributed by atoms with E-state index in [0.717, 1.165) is 12.0 Å². The smallest absolute Gasteiger partial charge is 0.254 e. The van der Waals surface area contributed by atoms with Crippen molar-refractivity contribution < 1.29 is 14.3 Å². The van der Waals surface area contributed by atoms with Gasteiger partial charge in [0.15, 0.2) is 0 Å². The van der Waals surface area contributed by atoms with Crippen LogP contribution < -0.4 is 5.73 Å². The normalized spacial score (nSPS) is 20.0. The molecule has 1 aliphatic heterocycles. The number of hydrogen-bond donors (Lipinski definition) is 1. The third-order valence-electron chi connectivity index (χ3n) is 4.70. The van der Waals surface area contributed by atoms with Crippen molar-refractivity contribution in [2.45, 2.75) is 24.9 Å². The number of ether oxygens (including phenoxy) is 1. The van der Waals surface area contributed by atoms with Gasteiger partial charge in [0.2, 0.25) is 5.91 Å². The van der Waals surface area contributed by atoms with Gasteiger partial charge in [0.05, 0.1) is 12.9 Å². The van der Waals surface area contributed by atoms with Crippen molar-refractivity contribution in [3.05, 3.63) is 54.1 Å². The zero-order valence-electron chi connectivity index (χ0n) is 14.2. The number of likely N-dealkylation sites (tertiary alicyclic amines) is 1. The van der Waals surface area contributed by atoms with Crippen molar-refractivity contribution in [3.63, 3.8) is 0 Å². The largest absolute Gasteiger partial charge is 0.382 e. The van der Waals surface area contributed by atoms with Crippen molar-refractivity contribution in [2.75, 3.05) is 20.3 Å². The lowest BCUT2D eigenvalue weighted by Crippen LogP contribution is -2.58. The number of carbonyl (C=O) groups excluding carboxylic acids is 2. The molecule has 0 spiro atoms. The van der Waals surface area contributed by atoms with Gasteiger partial charge in [-0.1, -0.05) is 12.1 Å². The molecule has 1 aliphatic rings. The summed E-state index contributed by atoms with van der Waals surface area (Å²) in [4.78, 5) is 30.5. The number of aromatic nitrogens is 2. The van der Waals surface area contributed by atoms with Crippen LogP contribution in [0.25, 0.3) is 0 Å². The molecule has 1 saturated heterocycles. The predicted octanol–water partition coefficient (Wildman–Crippen LogP) is 1.04. The van der Waals surface area contributed by atoms with Crippen LogP contribution >= 0.6 is 0 Å². The first kappa shape index (κ1) is 17.2. The Bertz CT molecular complexity index is 742. The summed E-state index contributed by atoms with van der Waals surface area (Å²) in [5.74, 6) is -0.709. The van der Waals surface area contributed by atoms with Crippen LogP contribution in [0.15, 0.2) is 43.0 Å². The number of primary amides is 1. The standard InChI is InChI=1S/C18H22N4O3/c1-25-12-18(17(19)24)7-2-9-22(18)16(23)15-5-3-14(4-6-15)11-21-10-8-20-13-21/h3-6,8,10,13H,2,7,9,11-12H2,1H3,(H2,19,24). The summed E-state index contributed by atoms with van der Waals surface area (Å²) in [6.45, 7) is 1.31. The molecule has 1 atom stereocenters. The van der Waals surface area contributed by atoms with Crippen LogP contribution in [-0.4, -0.2) is 52.1 Å². The summed E-state index contributed by atoms with van der Waals surface area (Å²) in [7, 11) is 1.51. The highest BCUT2D eigenvalue weighted by Crippen LogP contribution is 2.31. The van der Waals surface area contributed by atoms with Gasteiger partial charge in [-0.05, 0) is 30.5 Å². The molecule has 7 nitrogen and oxygen atoms in total. The van der Waals surface area contributed by atoms with E-state index in [2.05, 4.69) is 4.98 Å². The molecule has 1 aromatic heterocycles. The lowest BCUT2D eigenvalue weighted by atomic mass is 9.95. The average Bonchev–Trinajstić information content (AvgIpc) is 3.25. The number of carbonyl (C=O) groups is 2. The Hall–Kier alpha value is -2.67. The molecule has 1 fully saturated rings. The third kappa shape index (κ3) is 3.28. The molecule has 1 aromatic carbocycles. The monoisotopic (exact) mass is 342 g/mol. The van der Waals surface area contributed by atoms with Crippen LogP contribution in [0.4, 0.5) is 0 Å². The number of nitrogens with zero attached hydrogens (tertiary/aromatic N) is 3. The maximum atomic E-state index is 12.9. The van der Waals surface area contributed by atoms with E-state index in [1.54, 1.807) is 29.6 Å². The van der Waals surface area contributed by atoms with E-state index in [4.69, 9.17) is 10.5 Å². The van der Waals surface area contributed by atoms with Gasteiger partial charge in [-0.15, -0.1) is 0 Å². The average molecular weight is 342 g/mol. The van der Waals surface area contributed by atoms with E-state index in [0.29, 0.717) is 25.1 Å². The van der Waals surface area contributed by atoms with Gasteiger partial charge in [-0.25, -0.2) is 4.98 Å². The molecule has 0 radical (unpaired) electrons.